The fraction of sp³-hybridized carbons (Fsp3) is 0.846. The molecule has 0 aliphatic heterocycles. The molecule has 8 nitrogen and oxygen atoms in total. The lowest BCUT2D eigenvalue weighted by atomic mass is 10.1. The predicted octanol–water partition coefficient (Wildman–Crippen LogP) is 11.6. The summed E-state index contributed by atoms with van der Waals surface area (Å²) >= 11 is 0. The van der Waals surface area contributed by atoms with Crippen molar-refractivity contribution in [3.63, 3.8) is 0 Å². The van der Waals surface area contributed by atoms with Crippen LogP contribution in [0.5, 0.6) is 0 Å². The van der Waals surface area contributed by atoms with E-state index in [1.165, 1.54) is 103 Å². The van der Waals surface area contributed by atoms with Gasteiger partial charge in [-0.2, -0.15) is 0 Å². The maximum absolute atomic E-state index is 12.4. The van der Waals surface area contributed by atoms with Crippen molar-refractivity contribution < 1.29 is 37.9 Å². The van der Waals surface area contributed by atoms with Crippen LogP contribution in [0.2, 0.25) is 0 Å². The van der Waals surface area contributed by atoms with E-state index in [2.05, 4.69) is 42.7 Å². The van der Waals surface area contributed by atoms with Gasteiger partial charge in [-0.05, 0) is 57.8 Å². The molecule has 0 aromatic rings. The van der Waals surface area contributed by atoms with Crippen LogP contribution in [-0.2, 0) is 28.2 Å². The Kier molecular flexibility index (Phi) is 34.3. The molecule has 0 radical (unpaired) electrons. The zero-order chi connectivity index (χ0) is 35.4. The molecule has 0 spiro atoms. The van der Waals surface area contributed by atoms with Crippen LogP contribution in [0.3, 0.4) is 0 Å². The van der Waals surface area contributed by atoms with E-state index in [1.807, 2.05) is 0 Å². The van der Waals surface area contributed by atoms with Crippen LogP contribution in [0.4, 0.5) is 0 Å². The van der Waals surface area contributed by atoms with Crippen LogP contribution in [0.15, 0.2) is 24.3 Å². The number of carbonyl (C=O) groups excluding carboxylic acids is 2. The van der Waals surface area contributed by atoms with Gasteiger partial charge in [-0.3, -0.25) is 14.1 Å². The summed E-state index contributed by atoms with van der Waals surface area (Å²) in [6, 6.07) is 0. The molecule has 0 rings (SSSR count). The number of hydrogen-bond acceptors (Lipinski definition) is 6. The minimum absolute atomic E-state index is 0.209. The lowest BCUT2D eigenvalue weighted by Crippen LogP contribution is -2.29. The lowest BCUT2D eigenvalue weighted by molar-refractivity contribution is -0.161. The summed E-state index contributed by atoms with van der Waals surface area (Å²) in [5.74, 6) is -0.893. The van der Waals surface area contributed by atoms with Crippen molar-refractivity contribution in [3.05, 3.63) is 24.3 Å². The smallest absolute Gasteiger partial charge is 0.462 e. The van der Waals surface area contributed by atoms with Gasteiger partial charge >= 0.3 is 19.8 Å². The molecule has 48 heavy (non-hydrogen) atoms. The first kappa shape index (κ1) is 46.5. The average molecular weight is 701 g/mol. The molecule has 0 aliphatic rings. The van der Waals surface area contributed by atoms with Crippen molar-refractivity contribution >= 4 is 19.8 Å². The van der Waals surface area contributed by atoms with Gasteiger partial charge in [0.25, 0.3) is 0 Å². The molecule has 1 atom stereocenters. The fourth-order valence-corrected chi connectivity index (χ4v) is 5.83. The van der Waals surface area contributed by atoms with Gasteiger partial charge in [-0.15, -0.1) is 0 Å². The van der Waals surface area contributed by atoms with E-state index in [1.54, 1.807) is 0 Å². The van der Waals surface area contributed by atoms with E-state index < -0.39 is 32.5 Å². The Morgan fingerprint density at radius 3 is 1.33 bits per heavy atom. The molecule has 9 heteroatoms. The van der Waals surface area contributed by atoms with E-state index in [4.69, 9.17) is 19.3 Å². The molecule has 0 heterocycles. The number of phosphoric acid groups is 1. The normalized spacial score (nSPS) is 12.7. The number of unbranched alkanes of at least 4 members (excludes halogenated alkanes) is 22. The SMILES string of the molecule is CCCC/C=C/CCCCCCCCCCCC(=O)O[C@H](COC(=O)CCCCCCC/C=C/CCCCCCCC)COP(=O)(O)O. The number of esters is 2. The van der Waals surface area contributed by atoms with Crippen LogP contribution in [-0.4, -0.2) is 41.0 Å². The number of allylic oxidation sites excluding steroid dienone is 4. The third-order valence-corrected chi connectivity index (χ3v) is 8.93. The first-order valence-electron chi connectivity index (χ1n) is 19.6. The highest BCUT2D eigenvalue weighted by atomic mass is 31.2. The Morgan fingerprint density at radius 2 is 0.896 bits per heavy atom. The minimum atomic E-state index is -4.75. The third kappa shape index (κ3) is 37.4. The Morgan fingerprint density at radius 1 is 0.521 bits per heavy atom. The predicted molar refractivity (Wildman–Crippen MR) is 198 cm³/mol. The van der Waals surface area contributed by atoms with E-state index in [9.17, 15) is 14.2 Å². The summed E-state index contributed by atoms with van der Waals surface area (Å²) < 4.78 is 26.3. The summed E-state index contributed by atoms with van der Waals surface area (Å²) in [5.41, 5.74) is 0. The second-order valence-electron chi connectivity index (χ2n) is 13.2. The standard InChI is InChI=1S/C39H73O8P/c1-3-5-7-9-11-13-15-17-19-21-23-25-27-29-31-33-38(40)45-35-37(36-46-48(42,43)44)47-39(41)34-32-30-28-26-24-22-20-18-16-14-12-10-8-6-4-2/h10,12,17,19,37H,3-9,11,13-16,18,20-36H2,1-2H3,(H2,42,43,44)/b12-10+,19-17+/t37-/m1/s1. The molecule has 0 unspecified atom stereocenters. The fourth-order valence-electron chi connectivity index (χ4n) is 5.47. The molecule has 0 fully saturated rings. The highest BCUT2D eigenvalue weighted by Gasteiger charge is 2.22. The third-order valence-electron chi connectivity index (χ3n) is 8.44. The quantitative estimate of drug-likeness (QED) is 0.0287. The molecule has 0 aromatic heterocycles. The summed E-state index contributed by atoms with van der Waals surface area (Å²) in [5, 5.41) is 0. The van der Waals surface area contributed by atoms with Gasteiger partial charge in [0.1, 0.15) is 6.61 Å². The second-order valence-corrected chi connectivity index (χ2v) is 14.5. The van der Waals surface area contributed by atoms with Crippen LogP contribution in [0.25, 0.3) is 0 Å². The molecule has 0 amide bonds. The van der Waals surface area contributed by atoms with Crippen LogP contribution >= 0.6 is 7.82 Å². The van der Waals surface area contributed by atoms with Crippen LogP contribution in [0, 0.1) is 0 Å². The molecule has 2 N–H and O–H groups in total. The Balaban J connectivity index is 3.95. The van der Waals surface area contributed by atoms with Crippen molar-refractivity contribution in [2.75, 3.05) is 13.2 Å². The monoisotopic (exact) mass is 701 g/mol. The molecule has 0 saturated heterocycles. The van der Waals surface area contributed by atoms with Crippen LogP contribution < -0.4 is 0 Å². The van der Waals surface area contributed by atoms with E-state index in [0.29, 0.717) is 12.8 Å². The average Bonchev–Trinajstić information content (AvgIpc) is 3.05. The molecule has 282 valence electrons. The van der Waals surface area contributed by atoms with Gasteiger partial charge in [0.05, 0.1) is 6.61 Å². The molecular formula is C39H73O8P. The van der Waals surface area contributed by atoms with E-state index in [-0.39, 0.29) is 19.4 Å². The maximum atomic E-state index is 12.4. The lowest BCUT2D eigenvalue weighted by Gasteiger charge is -2.18. The van der Waals surface area contributed by atoms with Gasteiger partial charge < -0.3 is 19.3 Å². The summed E-state index contributed by atoms with van der Waals surface area (Å²) in [6.45, 7) is 3.64. The van der Waals surface area contributed by atoms with Gasteiger partial charge in [0, 0.05) is 12.8 Å². The number of phosphoric ester groups is 1. The van der Waals surface area contributed by atoms with Gasteiger partial charge in [-0.1, -0.05) is 147 Å². The topological polar surface area (TPSA) is 119 Å². The molecule has 0 saturated carbocycles. The number of hydrogen-bond donors (Lipinski definition) is 2. The van der Waals surface area contributed by atoms with Crippen molar-refractivity contribution in [2.45, 2.75) is 200 Å². The molecular weight excluding hydrogens is 627 g/mol. The van der Waals surface area contributed by atoms with E-state index in [0.717, 1.165) is 51.4 Å². The number of rotatable bonds is 36. The van der Waals surface area contributed by atoms with Crippen molar-refractivity contribution in [3.8, 4) is 0 Å². The highest BCUT2D eigenvalue weighted by Crippen LogP contribution is 2.36. The maximum Gasteiger partial charge on any atom is 0.469 e. The largest absolute Gasteiger partial charge is 0.469 e. The Labute approximate surface area is 294 Å². The first-order valence-corrected chi connectivity index (χ1v) is 21.2. The Bertz CT molecular complexity index is 838. The molecule has 0 bridgehead atoms. The molecule has 0 aromatic carbocycles. The number of carbonyl (C=O) groups is 2. The summed E-state index contributed by atoms with van der Waals surface area (Å²) in [6.07, 6.45) is 38.9. The van der Waals surface area contributed by atoms with Gasteiger partial charge in [0.2, 0.25) is 0 Å². The summed E-state index contributed by atoms with van der Waals surface area (Å²) in [7, 11) is -4.75. The van der Waals surface area contributed by atoms with Crippen molar-refractivity contribution in [1.29, 1.82) is 0 Å². The van der Waals surface area contributed by atoms with Crippen molar-refractivity contribution in [2.24, 2.45) is 0 Å². The van der Waals surface area contributed by atoms with Gasteiger partial charge in [-0.25, -0.2) is 4.57 Å². The van der Waals surface area contributed by atoms with Crippen molar-refractivity contribution in [1.82, 2.24) is 0 Å². The van der Waals surface area contributed by atoms with E-state index >= 15 is 0 Å². The zero-order valence-corrected chi connectivity index (χ0v) is 31.8. The Hall–Kier alpha value is -1.47. The number of ether oxygens (including phenoxy) is 2. The highest BCUT2D eigenvalue weighted by molar-refractivity contribution is 7.46. The first-order chi connectivity index (χ1) is 23.3. The zero-order valence-electron chi connectivity index (χ0n) is 30.9. The second kappa shape index (κ2) is 35.4. The minimum Gasteiger partial charge on any atom is -0.462 e. The summed E-state index contributed by atoms with van der Waals surface area (Å²) in [4.78, 5) is 42.7. The molecule has 0 aliphatic carbocycles. The van der Waals surface area contributed by atoms with Gasteiger partial charge in [0.15, 0.2) is 6.10 Å². The van der Waals surface area contributed by atoms with Crippen LogP contribution in [0.1, 0.15) is 194 Å².